The maximum atomic E-state index is 12.6. The van der Waals surface area contributed by atoms with Crippen molar-refractivity contribution in [1.29, 1.82) is 0 Å². The maximum absolute atomic E-state index is 12.6. The molecule has 114 valence electrons. The summed E-state index contributed by atoms with van der Waals surface area (Å²) in [6, 6.07) is 6.26. The van der Waals surface area contributed by atoms with Crippen LogP contribution < -0.4 is 0 Å². The smallest absolute Gasteiger partial charge is 0.333 e. The van der Waals surface area contributed by atoms with Gasteiger partial charge < -0.3 is 4.74 Å². The SMILES string of the molecule is C=C1C[C@@H]([C@H](C(C)C)N2C(=O)c3ccccc3C2=O)OC1=O. The van der Waals surface area contributed by atoms with Crippen LogP contribution in [-0.4, -0.2) is 34.8 Å². The largest absolute Gasteiger partial charge is 0.456 e. The van der Waals surface area contributed by atoms with Gasteiger partial charge in [0.05, 0.1) is 17.2 Å². The molecule has 2 aliphatic heterocycles. The first kappa shape index (κ1) is 14.5. The monoisotopic (exact) mass is 299 g/mol. The van der Waals surface area contributed by atoms with Crippen LogP contribution in [0.1, 0.15) is 41.0 Å². The summed E-state index contributed by atoms with van der Waals surface area (Å²) in [6.07, 6.45) is -0.183. The van der Waals surface area contributed by atoms with Gasteiger partial charge >= 0.3 is 5.97 Å². The number of hydrogen-bond donors (Lipinski definition) is 0. The van der Waals surface area contributed by atoms with E-state index < -0.39 is 18.1 Å². The van der Waals surface area contributed by atoms with E-state index in [1.54, 1.807) is 24.3 Å². The standard InChI is InChI=1S/C17H17NO4/c1-9(2)14(13-8-10(3)17(21)22-13)18-15(19)11-6-4-5-7-12(11)16(18)20/h4-7,9,13-14H,3,8H2,1-2H3/t13-,14-/m0/s1. The van der Waals surface area contributed by atoms with Gasteiger partial charge in [-0.2, -0.15) is 0 Å². The minimum absolute atomic E-state index is 0.0362. The molecule has 3 rings (SSSR count). The van der Waals surface area contributed by atoms with Crippen molar-refractivity contribution in [3.63, 3.8) is 0 Å². The van der Waals surface area contributed by atoms with E-state index in [4.69, 9.17) is 4.74 Å². The van der Waals surface area contributed by atoms with Crippen molar-refractivity contribution in [3.8, 4) is 0 Å². The molecule has 2 atom stereocenters. The van der Waals surface area contributed by atoms with E-state index in [2.05, 4.69) is 6.58 Å². The highest BCUT2D eigenvalue weighted by Crippen LogP contribution is 2.33. The molecule has 0 spiro atoms. The highest BCUT2D eigenvalue weighted by atomic mass is 16.6. The molecular formula is C17H17NO4. The lowest BCUT2D eigenvalue weighted by Crippen LogP contribution is -2.49. The molecule has 5 nitrogen and oxygen atoms in total. The Morgan fingerprint density at radius 2 is 1.68 bits per heavy atom. The van der Waals surface area contributed by atoms with Crippen LogP contribution in [0.4, 0.5) is 0 Å². The Morgan fingerprint density at radius 3 is 2.09 bits per heavy atom. The van der Waals surface area contributed by atoms with Gasteiger partial charge in [-0.05, 0) is 18.1 Å². The summed E-state index contributed by atoms with van der Waals surface area (Å²) in [5.74, 6) is -1.14. The fraction of sp³-hybridized carbons (Fsp3) is 0.353. The van der Waals surface area contributed by atoms with Crippen molar-refractivity contribution in [3.05, 3.63) is 47.5 Å². The number of amides is 2. The third-order valence-electron chi connectivity index (χ3n) is 4.18. The average Bonchev–Trinajstić information content (AvgIpc) is 2.92. The fourth-order valence-electron chi connectivity index (χ4n) is 3.15. The highest BCUT2D eigenvalue weighted by molar-refractivity contribution is 6.21. The van der Waals surface area contributed by atoms with Gasteiger partial charge in [0.2, 0.25) is 0 Å². The minimum Gasteiger partial charge on any atom is -0.456 e. The van der Waals surface area contributed by atoms with Crippen LogP contribution in [0.2, 0.25) is 0 Å². The molecule has 22 heavy (non-hydrogen) atoms. The topological polar surface area (TPSA) is 63.7 Å². The Bertz CT molecular complexity index is 641. The third kappa shape index (κ3) is 2.04. The fourth-order valence-corrected chi connectivity index (χ4v) is 3.15. The minimum atomic E-state index is -0.526. The van der Waals surface area contributed by atoms with E-state index in [1.165, 1.54) is 4.90 Å². The summed E-state index contributed by atoms with van der Waals surface area (Å²) in [7, 11) is 0. The molecule has 2 aliphatic rings. The van der Waals surface area contributed by atoms with Crippen LogP contribution in [0, 0.1) is 5.92 Å². The van der Waals surface area contributed by atoms with E-state index in [1.807, 2.05) is 13.8 Å². The lowest BCUT2D eigenvalue weighted by molar-refractivity contribution is -0.141. The van der Waals surface area contributed by atoms with Crippen LogP contribution in [0.15, 0.2) is 36.4 Å². The number of benzene rings is 1. The summed E-state index contributed by atoms with van der Waals surface area (Å²) in [5, 5.41) is 0. The summed E-state index contributed by atoms with van der Waals surface area (Å²) >= 11 is 0. The summed E-state index contributed by atoms with van der Waals surface area (Å²) < 4.78 is 5.32. The molecule has 2 heterocycles. The molecule has 0 radical (unpaired) electrons. The van der Waals surface area contributed by atoms with Gasteiger partial charge in [0.25, 0.3) is 11.8 Å². The Morgan fingerprint density at radius 1 is 1.14 bits per heavy atom. The van der Waals surface area contributed by atoms with Gasteiger partial charge in [0, 0.05) is 12.0 Å². The van der Waals surface area contributed by atoms with Gasteiger partial charge in [0.15, 0.2) is 0 Å². The third-order valence-corrected chi connectivity index (χ3v) is 4.18. The summed E-state index contributed by atoms with van der Waals surface area (Å²) in [5.41, 5.74) is 1.19. The number of ether oxygens (including phenoxy) is 1. The van der Waals surface area contributed by atoms with E-state index >= 15 is 0 Å². The van der Waals surface area contributed by atoms with Crippen LogP contribution in [0.3, 0.4) is 0 Å². The predicted molar refractivity (Wildman–Crippen MR) is 79.2 cm³/mol. The van der Waals surface area contributed by atoms with E-state index in [-0.39, 0.29) is 17.7 Å². The zero-order valence-electron chi connectivity index (χ0n) is 12.5. The Kier molecular flexibility index (Phi) is 3.35. The molecule has 0 N–H and O–H groups in total. The normalized spacial score (nSPS) is 22.3. The Balaban J connectivity index is 1.98. The quantitative estimate of drug-likeness (QED) is 0.487. The average molecular weight is 299 g/mol. The van der Waals surface area contributed by atoms with Crippen LogP contribution >= 0.6 is 0 Å². The molecule has 0 bridgehead atoms. The molecule has 1 fully saturated rings. The molecular weight excluding hydrogens is 282 g/mol. The van der Waals surface area contributed by atoms with E-state index in [0.717, 1.165) is 0 Å². The second kappa shape index (κ2) is 5.09. The number of hydrogen-bond acceptors (Lipinski definition) is 4. The number of carbonyl (C=O) groups is 3. The molecule has 5 heteroatoms. The van der Waals surface area contributed by atoms with Crippen LogP contribution in [-0.2, 0) is 9.53 Å². The first-order chi connectivity index (χ1) is 10.4. The first-order valence-corrected chi connectivity index (χ1v) is 7.27. The van der Waals surface area contributed by atoms with Crippen molar-refractivity contribution in [1.82, 2.24) is 4.90 Å². The zero-order valence-corrected chi connectivity index (χ0v) is 12.5. The summed E-state index contributed by atoms with van der Waals surface area (Å²) in [4.78, 5) is 38.1. The number of carbonyl (C=O) groups excluding carboxylic acids is 3. The van der Waals surface area contributed by atoms with E-state index in [0.29, 0.717) is 23.1 Å². The number of rotatable bonds is 3. The van der Waals surface area contributed by atoms with Crippen molar-refractivity contribution in [2.24, 2.45) is 5.92 Å². The van der Waals surface area contributed by atoms with Crippen molar-refractivity contribution < 1.29 is 19.1 Å². The molecule has 1 saturated heterocycles. The van der Waals surface area contributed by atoms with E-state index in [9.17, 15) is 14.4 Å². The molecule has 0 aromatic heterocycles. The lowest BCUT2D eigenvalue weighted by atomic mass is 9.94. The van der Waals surface area contributed by atoms with Gasteiger partial charge in [-0.15, -0.1) is 0 Å². The first-order valence-electron chi connectivity index (χ1n) is 7.27. The van der Waals surface area contributed by atoms with Crippen LogP contribution in [0.5, 0.6) is 0 Å². The maximum Gasteiger partial charge on any atom is 0.333 e. The molecule has 1 aromatic carbocycles. The van der Waals surface area contributed by atoms with Gasteiger partial charge in [-0.3, -0.25) is 14.5 Å². The highest BCUT2D eigenvalue weighted by Gasteiger charge is 2.47. The van der Waals surface area contributed by atoms with Crippen LogP contribution in [0.25, 0.3) is 0 Å². The second-order valence-corrected chi connectivity index (χ2v) is 6.01. The number of cyclic esters (lactones) is 1. The van der Waals surface area contributed by atoms with Gasteiger partial charge in [-0.25, -0.2) is 4.79 Å². The molecule has 2 amide bonds. The second-order valence-electron chi connectivity index (χ2n) is 6.01. The number of nitrogens with zero attached hydrogens (tertiary/aromatic N) is 1. The van der Waals surface area contributed by atoms with Crippen molar-refractivity contribution in [2.45, 2.75) is 32.4 Å². The molecule has 0 unspecified atom stereocenters. The van der Waals surface area contributed by atoms with Gasteiger partial charge in [0.1, 0.15) is 6.10 Å². The molecule has 0 aliphatic carbocycles. The number of imide groups is 1. The Labute approximate surface area is 128 Å². The summed E-state index contributed by atoms with van der Waals surface area (Å²) in [6.45, 7) is 7.48. The Hall–Kier alpha value is -2.43. The van der Waals surface area contributed by atoms with Gasteiger partial charge in [-0.1, -0.05) is 32.6 Å². The van der Waals surface area contributed by atoms with Crippen molar-refractivity contribution in [2.75, 3.05) is 0 Å². The molecule has 0 saturated carbocycles. The zero-order chi connectivity index (χ0) is 16.0. The van der Waals surface area contributed by atoms with Crippen molar-refractivity contribution >= 4 is 17.8 Å². The number of fused-ring (bicyclic) bond motifs is 1. The molecule has 1 aromatic rings. The predicted octanol–water partition coefficient (Wildman–Crippen LogP) is 2.18. The lowest BCUT2D eigenvalue weighted by Gasteiger charge is -2.32. The number of esters is 1.